The molecule has 0 fully saturated rings. The Balaban J connectivity index is 1.95. The highest BCUT2D eigenvalue weighted by molar-refractivity contribution is 5.95. The van der Waals surface area contributed by atoms with E-state index in [1.165, 1.54) is 0 Å². The number of hydrazone groups is 1. The number of nitrogens with one attached hydrogen (secondary N) is 1. The Labute approximate surface area is 163 Å². The van der Waals surface area contributed by atoms with E-state index in [2.05, 4.69) is 15.5 Å². The molecule has 1 N–H and O–H groups in total. The first-order valence-corrected chi connectivity index (χ1v) is 8.64. The largest absolute Gasteiger partial charge is 0.496 e. The molecule has 0 aliphatic heterocycles. The average molecular weight is 381 g/mol. The number of benzene rings is 2. The Hall–Kier alpha value is -3.48. The highest BCUT2D eigenvalue weighted by Gasteiger charge is 2.11. The lowest BCUT2D eigenvalue weighted by atomic mass is 10.1. The Morgan fingerprint density at radius 2 is 1.54 bits per heavy atom. The Bertz CT molecular complexity index is 1020. The number of ether oxygens (including phenoxy) is 4. The van der Waals surface area contributed by atoms with Crippen molar-refractivity contribution < 1.29 is 18.9 Å². The van der Waals surface area contributed by atoms with E-state index < -0.39 is 0 Å². The molecule has 0 aliphatic carbocycles. The van der Waals surface area contributed by atoms with Gasteiger partial charge in [-0.3, -0.25) is 5.43 Å². The molecule has 28 heavy (non-hydrogen) atoms. The molecule has 1 aromatic heterocycles. The van der Waals surface area contributed by atoms with Gasteiger partial charge in [0.1, 0.15) is 17.0 Å². The van der Waals surface area contributed by atoms with Crippen molar-refractivity contribution in [1.82, 2.24) is 4.98 Å². The standard InChI is InChI=1S/C21H23N3O4/c1-13-9-16(15-7-6-8-17(25-2)21(15)23-13)24-22-12-14-10-19(27-4)20(28-5)11-18(14)26-3/h6-12H,1-5H3,(H,23,24)/b22-12+. The first-order chi connectivity index (χ1) is 13.6. The summed E-state index contributed by atoms with van der Waals surface area (Å²) in [7, 11) is 6.39. The third-order valence-electron chi connectivity index (χ3n) is 4.28. The summed E-state index contributed by atoms with van der Waals surface area (Å²) < 4.78 is 21.5. The van der Waals surface area contributed by atoms with Gasteiger partial charge in [0.15, 0.2) is 11.5 Å². The quantitative estimate of drug-likeness (QED) is 0.492. The van der Waals surface area contributed by atoms with Crippen LogP contribution in [0.15, 0.2) is 41.5 Å². The van der Waals surface area contributed by atoms with Crippen LogP contribution in [-0.4, -0.2) is 39.6 Å². The molecule has 0 radical (unpaired) electrons. The number of aromatic nitrogens is 1. The second kappa shape index (κ2) is 8.47. The zero-order valence-corrected chi connectivity index (χ0v) is 16.6. The van der Waals surface area contributed by atoms with Gasteiger partial charge in [-0.05, 0) is 25.1 Å². The summed E-state index contributed by atoms with van der Waals surface area (Å²) in [5.74, 6) is 2.53. The SMILES string of the molecule is COc1cc(OC)c(OC)cc1/C=N/Nc1cc(C)nc2c(OC)cccc12. The number of para-hydroxylation sites is 1. The molecule has 0 unspecified atom stereocenters. The van der Waals surface area contributed by atoms with Gasteiger partial charge in [0.05, 0.1) is 40.3 Å². The van der Waals surface area contributed by atoms with Crippen LogP contribution in [0, 0.1) is 6.92 Å². The van der Waals surface area contributed by atoms with Crippen molar-refractivity contribution in [3.05, 3.63) is 47.7 Å². The van der Waals surface area contributed by atoms with Crippen molar-refractivity contribution in [2.24, 2.45) is 5.10 Å². The van der Waals surface area contributed by atoms with Gasteiger partial charge in [0.2, 0.25) is 0 Å². The first-order valence-electron chi connectivity index (χ1n) is 8.64. The number of hydrogen-bond acceptors (Lipinski definition) is 7. The summed E-state index contributed by atoms with van der Waals surface area (Å²) >= 11 is 0. The molecule has 0 bridgehead atoms. The lowest BCUT2D eigenvalue weighted by Gasteiger charge is -2.12. The molecule has 146 valence electrons. The predicted molar refractivity (Wildman–Crippen MR) is 110 cm³/mol. The van der Waals surface area contributed by atoms with Crippen LogP contribution in [0.3, 0.4) is 0 Å². The molecule has 7 heteroatoms. The highest BCUT2D eigenvalue weighted by Crippen LogP contribution is 2.34. The summed E-state index contributed by atoms with van der Waals surface area (Å²) in [5, 5.41) is 5.30. The van der Waals surface area contributed by atoms with E-state index in [0.717, 1.165) is 33.6 Å². The third-order valence-corrected chi connectivity index (χ3v) is 4.28. The lowest BCUT2D eigenvalue weighted by Crippen LogP contribution is -1.99. The molecule has 1 heterocycles. The molecule has 2 aromatic carbocycles. The molecule has 0 aliphatic rings. The average Bonchev–Trinajstić information content (AvgIpc) is 2.72. The van der Waals surface area contributed by atoms with Crippen LogP contribution in [0.25, 0.3) is 10.9 Å². The molecule has 0 saturated heterocycles. The maximum absolute atomic E-state index is 5.43. The summed E-state index contributed by atoms with van der Waals surface area (Å²) in [6.45, 7) is 1.93. The normalized spacial score (nSPS) is 10.9. The molecule has 0 amide bonds. The topological polar surface area (TPSA) is 74.2 Å². The van der Waals surface area contributed by atoms with Gasteiger partial charge in [-0.2, -0.15) is 5.10 Å². The number of aryl methyl sites for hydroxylation is 1. The van der Waals surface area contributed by atoms with E-state index in [0.29, 0.717) is 17.2 Å². The minimum atomic E-state index is 0.590. The molecular formula is C21H23N3O4. The summed E-state index contributed by atoms with van der Waals surface area (Å²) in [6.07, 6.45) is 1.67. The zero-order valence-electron chi connectivity index (χ0n) is 16.6. The van der Waals surface area contributed by atoms with Gasteiger partial charge in [-0.15, -0.1) is 0 Å². The number of fused-ring (bicyclic) bond motifs is 1. The smallest absolute Gasteiger partial charge is 0.164 e. The predicted octanol–water partition coefficient (Wildman–Crippen LogP) is 4.02. The molecule has 3 rings (SSSR count). The minimum Gasteiger partial charge on any atom is -0.496 e. The van der Waals surface area contributed by atoms with Crippen molar-refractivity contribution in [3.63, 3.8) is 0 Å². The molecule has 0 atom stereocenters. The Morgan fingerprint density at radius 3 is 2.21 bits per heavy atom. The van der Waals surface area contributed by atoms with Crippen LogP contribution in [0.4, 0.5) is 5.69 Å². The van der Waals surface area contributed by atoms with Gasteiger partial charge < -0.3 is 18.9 Å². The Morgan fingerprint density at radius 1 is 0.857 bits per heavy atom. The van der Waals surface area contributed by atoms with Crippen LogP contribution in [-0.2, 0) is 0 Å². The van der Waals surface area contributed by atoms with Crippen LogP contribution >= 0.6 is 0 Å². The van der Waals surface area contributed by atoms with Crippen molar-refractivity contribution in [1.29, 1.82) is 0 Å². The molecule has 7 nitrogen and oxygen atoms in total. The maximum atomic E-state index is 5.43. The van der Waals surface area contributed by atoms with Crippen molar-refractivity contribution in [2.45, 2.75) is 6.92 Å². The van der Waals surface area contributed by atoms with E-state index in [1.807, 2.05) is 37.3 Å². The second-order valence-electron chi connectivity index (χ2n) is 5.99. The van der Waals surface area contributed by atoms with Gasteiger partial charge in [0, 0.05) is 22.7 Å². The van der Waals surface area contributed by atoms with Crippen molar-refractivity contribution in [3.8, 4) is 23.0 Å². The maximum Gasteiger partial charge on any atom is 0.164 e. The fraction of sp³-hybridized carbons (Fsp3) is 0.238. The van der Waals surface area contributed by atoms with Crippen LogP contribution < -0.4 is 24.4 Å². The number of rotatable bonds is 7. The van der Waals surface area contributed by atoms with Crippen molar-refractivity contribution >= 4 is 22.8 Å². The minimum absolute atomic E-state index is 0.590. The van der Waals surface area contributed by atoms with Gasteiger partial charge in [-0.25, -0.2) is 4.98 Å². The third kappa shape index (κ3) is 3.78. The molecule has 3 aromatic rings. The van der Waals surface area contributed by atoms with E-state index in [1.54, 1.807) is 40.7 Å². The summed E-state index contributed by atoms with van der Waals surface area (Å²) in [5.41, 5.74) is 6.32. The zero-order chi connectivity index (χ0) is 20.1. The number of methoxy groups -OCH3 is 4. The lowest BCUT2D eigenvalue weighted by molar-refractivity contribution is 0.349. The second-order valence-corrected chi connectivity index (χ2v) is 5.99. The van der Waals surface area contributed by atoms with Gasteiger partial charge in [-0.1, -0.05) is 12.1 Å². The van der Waals surface area contributed by atoms with Crippen molar-refractivity contribution in [2.75, 3.05) is 33.9 Å². The van der Waals surface area contributed by atoms with Crippen LogP contribution in [0.2, 0.25) is 0 Å². The molecule has 0 spiro atoms. The van der Waals surface area contributed by atoms with E-state index in [4.69, 9.17) is 18.9 Å². The van der Waals surface area contributed by atoms with E-state index in [-0.39, 0.29) is 0 Å². The van der Waals surface area contributed by atoms with Gasteiger partial charge >= 0.3 is 0 Å². The van der Waals surface area contributed by atoms with E-state index >= 15 is 0 Å². The molecule has 0 saturated carbocycles. The number of pyridine rings is 1. The number of nitrogens with zero attached hydrogens (tertiary/aromatic N) is 2. The van der Waals surface area contributed by atoms with Gasteiger partial charge in [0.25, 0.3) is 0 Å². The Kier molecular flexibility index (Phi) is 5.84. The number of anilines is 1. The first kappa shape index (κ1) is 19.3. The van der Waals surface area contributed by atoms with E-state index in [9.17, 15) is 0 Å². The monoisotopic (exact) mass is 381 g/mol. The fourth-order valence-corrected chi connectivity index (χ4v) is 2.93. The summed E-state index contributed by atoms with van der Waals surface area (Å²) in [4.78, 5) is 4.58. The fourth-order valence-electron chi connectivity index (χ4n) is 2.93. The molecular weight excluding hydrogens is 358 g/mol. The van der Waals surface area contributed by atoms with Crippen LogP contribution in [0.5, 0.6) is 23.0 Å². The van der Waals surface area contributed by atoms with Crippen LogP contribution in [0.1, 0.15) is 11.3 Å². The highest BCUT2D eigenvalue weighted by atomic mass is 16.5. The number of hydrogen-bond donors (Lipinski definition) is 1. The summed E-state index contributed by atoms with van der Waals surface area (Å²) in [6, 6.07) is 11.3.